The van der Waals surface area contributed by atoms with Crippen molar-refractivity contribution in [1.82, 2.24) is 5.32 Å². The van der Waals surface area contributed by atoms with Gasteiger partial charge in [0.15, 0.2) is 0 Å². The van der Waals surface area contributed by atoms with Crippen LogP contribution < -0.4 is 11.1 Å². The van der Waals surface area contributed by atoms with E-state index in [1.165, 1.54) is 6.07 Å². The molecule has 1 aromatic rings. The fourth-order valence-corrected chi connectivity index (χ4v) is 3.71. The standard InChI is InChI=1S/C18H25FN2O.ClH/c1-17(20)8-3-2-7-15(17)16(22)21-12-18(9-10-18)13-5-4-6-14(19)11-13;/h4-6,11,15H,2-3,7-10,12,20H2,1H3,(H,21,22);1H. The van der Waals surface area contributed by atoms with Crippen LogP contribution in [0.2, 0.25) is 0 Å². The van der Waals surface area contributed by atoms with Gasteiger partial charge in [0.1, 0.15) is 5.82 Å². The first kappa shape index (κ1) is 18.2. The Kier molecular flexibility index (Phi) is 5.37. The van der Waals surface area contributed by atoms with Gasteiger partial charge < -0.3 is 11.1 Å². The molecule has 3 nitrogen and oxygen atoms in total. The maximum atomic E-state index is 13.4. The monoisotopic (exact) mass is 340 g/mol. The molecule has 0 aliphatic heterocycles. The molecule has 0 bridgehead atoms. The molecule has 2 aliphatic carbocycles. The predicted octanol–water partition coefficient (Wildman–Crippen LogP) is 3.30. The number of amides is 1. The van der Waals surface area contributed by atoms with Crippen LogP contribution >= 0.6 is 12.4 Å². The van der Waals surface area contributed by atoms with Crippen LogP contribution in [0.4, 0.5) is 4.39 Å². The first-order valence-corrected chi connectivity index (χ1v) is 8.26. The Morgan fingerprint density at radius 3 is 2.70 bits per heavy atom. The molecule has 3 rings (SSSR count). The molecule has 2 saturated carbocycles. The zero-order chi connectivity index (χ0) is 15.8. The van der Waals surface area contributed by atoms with Gasteiger partial charge in [-0.2, -0.15) is 0 Å². The predicted molar refractivity (Wildman–Crippen MR) is 92.1 cm³/mol. The molecule has 2 unspecified atom stereocenters. The second-order valence-corrected chi connectivity index (χ2v) is 7.31. The number of carbonyl (C=O) groups is 1. The first-order chi connectivity index (χ1) is 10.4. The van der Waals surface area contributed by atoms with Gasteiger partial charge in [0.25, 0.3) is 0 Å². The van der Waals surface area contributed by atoms with E-state index in [9.17, 15) is 9.18 Å². The van der Waals surface area contributed by atoms with Crippen LogP contribution in [-0.4, -0.2) is 18.0 Å². The number of hydrogen-bond donors (Lipinski definition) is 2. The molecule has 128 valence electrons. The number of benzene rings is 1. The van der Waals surface area contributed by atoms with E-state index >= 15 is 0 Å². The van der Waals surface area contributed by atoms with Crippen LogP contribution in [0.1, 0.15) is 51.0 Å². The number of nitrogens with two attached hydrogens (primary N) is 1. The fourth-order valence-electron chi connectivity index (χ4n) is 3.71. The van der Waals surface area contributed by atoms with E-state index in [2.05, 4.69) is 5.32 Å². The van der Waals surface area contributed by atoms with Crippen LogP contribution in [0.15, 0.2) is 24.3 Å². The molecular formula is C18H26ClFN2O. The number of carbonyl (C=O) groups excluding carboxylic acids is 1. The Balaban J connectivity index is 0.00000192. The van der Waals surface area contributed by atoms with Crippen LogP contribution in [-0.2, 0) is 10.2 Å². The van der Waals surface area contributed by atoms with Crippen molar-refractivity contribution in [3.05, 3.63) is 35.6 Å². The van der Waals surface area contributed by atoms with Crippen molar-refractivity contribution in [2.75, 3.05) is 6.54 Å². The summed E-state index contributed by atoms with van der Waals surface area (Å²) in [4.78, 5) is 12.5. The largest absolute Gasteiger partial charge is 0.355 e. The molecule has 1 amide bonds. The summed E-state index contributed by atoms with van der Waals surface area (Å²) >= 11 is 0. The van der Waals surface area contributed by atoms with Gasteiger partial charge >= 0.3 is 0 Å². The molecule has 0 spiro atoms. The lowest BCUT2D eigenvalue weighted by Gasteiger charge is -2.37. The number of nitrogens with one attached hydrogen (secondary N) is 1. The van der Waals surface area contributed by atoms with E-state index < -0.39 is 5.54 Å². The minimum Gasteiger partial charge on any atom is -0.355 e. The number of rotatable bonds is 4. The second-order valence-electron chi connectivity index (χ2n) is 7.31. The molecule has 2 aliphatic rings. The summed E-state index contributed by atoms with van der Waals surface area (Å²) < 4.78 is 13.4. The highest BCUT2D eigenvalue weighted by atomic mass is 35.5. The molecule has 0 heterocycles. The van der Waals surface area contributed by atoms with E-state index in [4.69, 9.17) is 5.73 Å². The lowest BCUT2D eigenvalue weighted by atomic mass is 9.74. The summed E-state index contributed by atoms with van der Waals surface area (Å²) in [5.74, 6) is -0.256. The Bertz CT molecular complexity index is 572. The summed E-state index contributed by atoms with van der Waals surface area (Å²) in [6.45, 7) is 2.57. The van der Waals surface area contributed by atoms with Gasteiger partial charge in [-0.3, -0.25) is 4.79 Å². The molecule has 1 aromatic carbocycles. The van der Waals surface area contributed by atoms with Crippen molar-refractivity contribution < 1.29 is 9.18 Å². The summed E-state index contributed by atoms with van der Waals surface area (Å²) in [6.07, 6.45) is 5.94. The first-order valence-electron chi connectivity index (χ1n) is 8.26. The SMILES string of the molecule is CC1(N)CCCCC1C(=O)NCC1(c2cccc(F)c2)CC1.Cl. The van der Waals surface area contributed by atoms with Gasteiger partial charge in [-0.05, 0) is 50.3 Å². The highest BCUT2D eigenvalue weighted by molar-refractivity contribution is 5.85. The maximum Gasteiger partial charge on any atom is 0.224 e. The van der Waals surface area contributed by atoms with Gasteiger partial charge in [0, 0.05) is 17.5 Å². The Labute approximate surface area is 143 Å². The van der Waals surface area contributed by atoms with E-state index in [0.717, 1.165) is 44.1 Å². The molecule has 0 aromatic heterocycles. The Morgan fingerprint density at radius 1 is 1.35 bits per heavy atom. The quantitative estimate of drug-likeness (QED) is 0.883. The van der Waals surface area contributed by atoms with Gasteiger partial charge in [-0.1, -0.05) is 25.0 Å². The second kappa shape index (κ2) is 6.78. The van der Waals surface area contributed by atoms with Gasteiger partial charge in [-0.25, -0.2) is 4.39 Å². The Morgan fingerprint density at radius 2 is 2.09 bits per heavy atom. The van der Waals surface area contributed by atoms with Crippen molar-refractivity contribution >= 4 is 18.3 Å². The third kappa shape index (κ3) is 3.86. The Hall–Kier alpha value is -1.13. The number of halogens is 2. The molecule has 0 saturated heterocycles. The van der Waals surface area contributed by atoms with Crippen molar-refractivity contribution in [1.29, 1.82) is 0 Å². The van der Waals surface area contributed by atoms with Crippen LogP contribution in [0.3, 0.4) is 0 Å². The number of hydrogen-bond acceptors (Lipinski definition) is 2. The van der Waals surface area contributed by atoms with Crippen molar-refractivity contribution in [2.24, 2.45) is 11.7 Å². The molecule has 23 heavy (non-hydrogen) atoms. The van der Waals surface area contributed by atoms with Gasteiger partial charge in [-0.15, -0.1) is 12.4 Å². The van der Waals surface area contributed by atoms with Gasteiger partial charge in [0.05, 0.1) is 5.92 Å². The zero-order valence-electron chi connectivity index (χ0n) is 13.6. The summed E-state index contributed by atoms with van der Waals surface area (Å²) in [6, 6.07) is 6.74. The van der Waals surface area contributed by atoms with Crippen molar-refractivity contribution in [3.8, 4) is 0 Å². The van der Waals surface area contributed by atoms with Crippen LogP contribution in [0, 0.1) is 11.7 Å². The molecular weight excluding hydrogens is 315 g/mol. The highest BCUT2D eigenvalue weighted by Gasteiger charge is 2.45. The minimum absolute atomic E-state index is 0. The normalized spacial score (nSPS) is 28.6. The summed E-state index contributed by atoms with van der Waals surface area (Å²) in [5.41, 5.74) is 6.81. The van der Waals surface area contributed by atoms with E-state index in [-0.39, 0.29) is 35.5 Å². The zero-order valence-corrected chi connectivity index (χ0v) is 14.4. The third-order valence-electron chi connectivity index (χ3n) is 5.46. The lowest BCUT2D eigenvalue weighted by Crippen LogP contribution is -2.53. The topological polar surface area (TPSA) is 55.1 Å². The van der Waals surface area contributed by atoms with E-state index in [1.54, 1.807) is 12.1 Å². The molecule has 0 radical (unpaired) electrons. The molecule has 3 N–H and O–H groups in total. The van der Waals surface area contributed by atoms with E-state index in [1.807, 2.05) is 13.0 Å². The van der Waals surface area contributed by atoms with E-state index in [0.29, 0.717) is 6.54 Å². The summed E-state index contributed by atoms with van der Waals surface area (Å²) in [5, 5.41) is 3.09. The minimum atomic E-state index is -0.405. The van der Waals surface area contributed by atoms with Crippen molar-refractivity contribution in [2.45, 2.75) is 56.4 Å². The van der Waals surface area contributed by atoms with Crippen LogP contribution in [0.5, 0.6) is 0 Å². The maximum absolute atomic E-state index is 13.4. The van der Waals surface area contributed by atoms with Crippen LogP contribution in [0.25, 0.3) is 0 Å². The smallest absolute Gasteiger partial charge is 0.224 e. The third-order valence-corrected chi connectivity index (χ3v) is 5.46. The average Bonchev–Trinajstić information content (AvgIpc) is 3.25. The average molecular weight is 341 g/mol. The van der Waals surface area contributed by atoms with Crippen molar-refractivity contribution in [3.63, 3.8) is 0 Å². The summed E-state index contributed by atoms with van der Waals surface area (Å²) in [7, 11) is 0. The van der Waals surface area contributed by atoms with Gasteiger partial charge in [0.2, 0.25) is 5.91 Å². The highest BCUT2D eigenvalue weighted by Crippen LogP contribution is 2.47. The molecule has 2 atom stereocenters. The molecule has 2 fully saturated rings. The fraction of sp³-hybridized carbons (Fsp3) is 0.611. The molecule has 5 heteroatoms. The lowest BCUT2D eigenvalue weighted by molar-refractivity contribution is -0.128.